The number of fused-ring (bicyclic) bond motifs is 2. The van der Waals surface area contributed by atoms with Gasteiger partial charge in [0.25, 0.3) is 5.56 Å². The van der Waals surface area contributed by atoms with E-state index in [9.17, 15) is 9.59 Å². The smallest absolute Gasteiger partial charge is 0.338 e. The summed E-state index contributed by atoms with van der Waals surface area (Å²) in [6.07, 6.45) is 1.83. The lowest BCUT2D eigenvalue weighted by molar-refractivity contribution is -0.139. The predicted molar refractivity (Wildman–Crippen MR) is 176 cm³/mol. The summed E-state index contributed by atoms with van der Waals surface area (Å²) in [4.78, 5) is 32.5. The van der Waals surface area contributed by atoms with Gasteiger partial charge in [-0.05, 0) is 76.0 Å². The zero-order valence-corrected chi connectivity index (χ0v) is 26.8. The summed E-state index contributed by atoms with van der Waals surface area (Å²) in [7, 11) is 1.58. The van der Waals surface area contributed by atoms with Gasteiger partial charge >= 0.3 is 5.97 Å². The third kappa shape index (κ3) is 5.60. The number of benzene rings is 4. The second-order valence-electron chi connectivity index (χ2n) is 10.2. The van der Waals surface area contributed by atoms with Crippen molar-refractivity contribution in [3.8, 4) is 11.5 Å². The van der Waals surface area contributed by atoms with E-state index in [-0.39, 0.29) is 12.2 Å². The van der Waals surface area contributed by atoms with Crippen LogP contribution in [0.1, 0.15) is 36.6 Å². The standard InChI is InChI=1S/C35H29BrN2O5S/c1-4-42-34(40)31-21(2)37-35-38(32(31)24-16-17-29(41-3)27(36)18-24)33(39)30(44-35)19-23-11-6-8-15-28(23)43-20-25-13-9-12-22-10-5-7-14-26(22)25/h5-19,32H,4,20H2,1-3H3/b30-19+/t32-/m0/s1. The molecule has 0 amide bonds. The molecule has 0 bridgehead atoms. The average Bonchev–Trinajstić information content (AvgIpc) is 3.33. The molecule has 0 fully saturated rings. The number of carbonyl (C=O) groups is 1. The molecule has 1 aliphatic rings. The lowest BCUT2D eigenvalue weighted by Crippen LogP contribution is -2.40. The van der Waals surface area contributed by atoms with Crippen LogP contribution in [-0.2, 0) is 16.1 Å². The Bertz CT molecular complexity index is 2110. The van der Waals surface area contributed by atoms with E-state index < -0.39 is 12.0 Å². The van der Waals surface area contributed by atoms with Gasteiger partial charge in [-0.2, -0.15) is 0 Å². The number of esters is 1. The minimum atomic E-state index is -0.729. The maximum Gasteiger partial charge on any atom is 0.338 e. The molecule has 5 aromatic rings. The minimum absolute atomic E-state index is 0.203. The molecule has 0 saturated carbocycles. The molecule has 0 radical (unpaired) electrons. The number of hydrogen-bond donors (Lipinski definition) is 0. The number of nitrogens with zero attached hydrogens (tertiary/aromatic N) is 2. The van der Waals surface area contributed by atoms with Crippen LogP contribution in [0.3, 0.4) is 0 Å². The molecule has 2 heterocycles. The van der Waals surface area contributed by atoms with E-state index in [0.29, 0.717) is 43.2 Å². The maximum absolute atomic E-state index is 14.1. The van der Waals surface area contributed by atoms with E-state index >= 15 is 0 Å². The molecular weight excluding hydrogens is 640 g/mol. The summed E-state index contributed by atoms with van der Waals surface area (Å²) in [6.45, 7) is 4.10. The summed E-state index contributed by atoms with van der Waals surface area (Å²) in [6, 6.07) is 26.8. The van der Waals surface area contributed by atoms with Crippen LogP contribution in [0.4, 0.5) is 0 Å². The summed E-state index contributed by atoms with van der Waals surface area (Å²) >= 11 is 4.82. The third-order valence-corrected chi connectivity index (χ3v) is 9.08. The molecule has 0 N–H and O–H groups in total. The second-order valence-corrected chi connectivity index (χ2v) is 12.0. The second kappa shape index (κ2) is 12.6. The van der Waals surface area contributed by atoms with Crippen molar-refractivity contribution in [3.05, 3.63) is 137 Å². The number of ether oxygens (including phenoxy) is 3. The van der Waals surface area contributed by atoms with Gasteiger partial charge in [0.2, 0.25) is 0 Å². The van der Waals surface area contributed by atoms with Gasteiger partial charge in [0.15, 0.2) is 4.80 Å². The molecule has 0 saturated heterocycles. The Hall–Kier alpha value is -4.47. The first-order valence-corrected chi connectivity index (χ1v) is 15.7. The van der Waals surface area contributed by atoms with Crippen molar-refractivity contribution in [1.82, 2.24) is 4.57 Å². The van der Waals surface area contributed by atoms with Crippen molar-refractivity contribution < 1.29 is 19.0 Å². The van der Waals surface area contributed by atoms with Gasteiger partial charge in [-0.3, -0.25) is 9.36 Å². The number of para-hydroxylation sites is 1. The zero-order chi connectivity index (χ0) is 30.8. The lowest BCUT2D eigenvalue weighted by Gasteiger charge is -2.25. The number of allylic oxidation sites excluding steroid dienone is 1. The molecular formula is C35H29BrN2O5S. The first kappa shape index (κ1) is 29.6. The molecule has 1 atom stereocenters. The molecule has 1 aromatic heterocycles. The molecule has 9 heteroatoms. The quantitative estimate of drug-likeness (QED) is 0.181. The zero-order valence-electron chi connectivity index (χ0n) is 24.4. The predicted octanol–water partition coefficient (Wildman–Crippen LogP) is 6.30. The van der Waals surface area contributed by atoms with Gasteiger partial charge in [0, 0.05) is 5.56 Å². The lowest BCUT2D eigenvalue weighted by atomic mass is 9.96. The van der Waals surface area contributed by atoms with Crippen LogP contribution in [0.2, 0.25) is 0 Å². The summed E-state index contributed by atoms with van der Waals surface area (Å²) in [5.41, 5.74) is 3.13. The summed E-state index contributed by atoms with van der Waals surface area (Å²) in [5, 5.41) is 2.29. The van der Waals surface area contributed by atoms with Crippen LogP contribution >= 0.6 is 27.3 Å². The number of halogens is 1. The number of carbonyl (C=O) groups excluding carboxylic acids is 1. The highest BCUT2D eigenvalue weighted by Gasteiger charge is 2.33. The van der Waals surface area contributed by atoms with Crippen LogP contribution in [0.5, 0.6) is 11.5 Å². The number of hydrogen-bond acceptors (Lipinski definition) is 7. The molecule has 7 nitrogen and oxygen atoms in total. The van der Waals surface area contributed by atoms with Gasteiger partial charge in [-0.15, -0.1) is 0 Å². The topological polar surface area (TPSA) is 79.1 Å². The van der Waals surface area contributed by atoms with E-state index in [1.54, 1.807) is 31.6 Å². The van der Waals surface area contributed by atoms with Crippen LogP contribution in [-0.4, -0.2) is 24.3 Å². The highest BCUT2D eigenvalue weighted by molar-refractivity contribution is 9.10. The highest BCUT2D eigenvalue weighted by atomic mass is 79.9. The fourth-order valence-electron chi connectivity index (χ4n) is 5.41. The SMILES string of the molecule is CCOC(=O)C1=C(C)N=c2s/c(=C/c3ccccc3OCc3cccc4ccccc34)c(=O)n2[C@H]1c1ccc(OC)c(Br)c1. The van der Waals surface area contributed by atoms with E-state index in [1.807, 2.05) is 60.7 Å². The third-order valence-electron chi connectivity index (χ3n) is 7.48. The van der Waals surface area contributed by atoms with Crippen LogP contribution < -0.4 is 24.4 Å². The summed E-state index contributed by atoms with van der Waals surface area (Å²) in [5.74, 6) is 0.789. The van der Waals surface area contributed by atoms with E-state index in [4.69, 9.17) is 14.2 Å². The molecule has 222 valence electrons. The van der Waals surface area contributed by atoms with Crippen LogP contribution in [0.25, 0.3) is 16.8 Å². The Balaban J connectivity index is 1.43. The number of rotatable bonds is 8. The largest absolute Gasteiger partial charge is 0.496 e. The number of aromatic nitrogens is 1. The summed E-state index contributed by atoms with van der Waals surface area (Å²) < 4.78 is 19.9. The molecule has 1 aliphatic heterocycles. The Morgan fingerprint density at radius 1 is 1.02 bits per heavy atom. The first-order valence-electron chi connectivity index (χ1n) is 14.1. The van der Waals surface area contributed by atoms with E-state index in [0.717, 1.165) is 27.5 Å². The van der Waals surface area contributed by atoms with Crippen molar-refractivity contribution in [3.63, 3.8) is 0 Å². The average molecular weight is 670 g/mol. The Morgan fingerprint density at radius 3 is 2.59 bits per heavy atom. The molecule has 6 rings (SSSR count). The van der Waals surface area contributed by atoms with Crippen LogP contribution in [0, 0.1) is 0 Å². The Kier molecular flexibility index (Phi) is 8.50. The number of thiazole rings is 1. The van der Waals surface area contributed by atoms with Gasteiger partial charge in [0.1, 0.15) is 18.1 Å². The Labute approximate surface area is 266 Å². The van der Waals surface area contributed by atoms with Crippen molar-refractivity contribution in [2.24, 2.45) is 4.99 Å². The fraction of sp³-hybridized carbons (Fsp3) is 0.171. The van der Waals surface area contributed by atoms with Gasteiger partial charge in [-0.25, -0.2) is 9.79 Å². The van der Waals surface area contributed by atoms with Crippen molar-refractivity contribution >= 4 is 50.1 Å². The first-order chi connectivity index (χ1) is 21.4. The van der Waals surface area contributed by atoms with Crippen molar-refractivity contribution in [2.45, 2.75) is 26.5 Å². The highest BCUT2D eigenvalue weighted by Crippen LogP contribution is 2.35. The van der Waals surface area contributed by atoms with Gasteiger partial charge in [0.05, 0.1) is 40.0 Å². The molecule has 44 heavy (non-hydrogen) atoms. The van der Waals surface area contributed by atoms with Gasteiger partial charge < -0.3 is 14.2 Å². The molecule has 4 aromatic carbocycles. The minimum Gasteiger partial charge on any atom is -0.496 e. The molecule has 0 aliphatic carbocycles. The monoisotopic (exact) mass is 668 g/mol. The maximum atomic E-state index is 14.1. The van der Waals surface area contributed by atoms with Crippen molar-refractivity contribution in [2.75, 3.05) is 13.7 Å². The van der Waals surface area contributed by atoms with Gasteiger partial charge in [-0.1, -0.05) is 78.1 Å². The van der Waals surface area contributed by atoms with Crippen LogP contribution in [0.15, 0.2) is 110 Å². The van der Waals surface area contributed by atoms with E-state index in [2.05, 4.69) is 45.2 Å². The van der Waals surface area contributed by atoms with E-state index in [1.165, 1.54) is 11.3 Å². The van der Waals surface area contributed by atoms with Crippen molar-refractivity contribution in [1.29, 1.82) is 0 Å². The fourth-order valence-corrected chi connectivity index (χ4v) is 7.00. The molecule has 0 unspecified atom stereocenters. The normalized spacial score (nSPS) is 14.7. The number of methoxy groups -OCH3 is 1. The molecule has 0 spiro atoms. The Morgan fingerprint density at radius 2 is 1.80 bits per heavy atom.